The molecule has 2 nitrogen and oxygen atoms in total. The zero-order chi connectivity index (χ0) is 34.5. The van der Waals surface area contributed by atoms with Crippen LogP contribution < -0.4 is 0 Å². The third-order valence-corrected chi connectivity index (χ3v) is 9.12. The summed E-state index contributed by atoms with van der Waals surface area (Å²) in [6.45, 7) is 34.6. The van der Waals surface area contributed by atoms with E-state index in [0.29, 0.717) is 0 Å². The molecule has 0 N–H and O–H groups in total. The van der Waals surface area contributed by atoms with Crippen LogP contribution in [0.1, 0.15) is 126 Å². The number of hydrogen-bond donors (Lipinski definition) is 0. The van der Waals surface area contributed by atoms with Crippen LogP contribution in [0.2, 0.25) is 0 Å². The van der Waals surface area contributed by atoms with Gasteiger partial charge in [-0.2, -0.15) is 0 Å². The number of fused-ring (bicyclic) bond motifs is 6. The zero-order valence-electron chi connectivity index (χ0n) is 31.2. The lowest BCUT2D eigenvalue weighted by molar-refractivity contribution is 0.372. The molecular weight excluding hydrogens is 556 g/mol. The lowest BCUT2D eigenvalue weighted by Crippen LogP contribution is -2.24. The second-order valence-corrected chi connectivity index (χ2v) is 12.8. The molecule has 2 aromatic heterocycles. The fraction of sp³-hybridized carbons (Fsp3) is 0.386. The molecule has 0 aliphatic heterocycles. The van der Waals surface area contributed by atoms with Gasteiger partial charge in [0.15, 0.2) is 0 Å². The van der Waals surface area contributed by atoms with Gasteiger partial charge in [0, 0.05) is 22.4 Å². The van der Waals surface area contributed by atoms with E-state index in [9.17, 15) is 0 Å². The van der Waals surface area contributed by atoms with Crippen molar-refractivity contribution >= 4 is 27.7 Å². The van der Waals surface area contributed by atoms with Crippen LogP contribution in [0.3, 0.4) is 0 Å². The predicted octanol–water partition coefficient (Wildman–Crippen LogP) is 13.2. The smallest absolute Gasteiger partial charge is 0.142 e. The van der Waals surface area contributed by atoms with Crippen molar-refractivity contribution in [2.75, 3.05) is 0 Å². The minimum absolute atomic E-state index is 0.0565. The van der Waals surface area contributed by atoms with Gasteiger partial charge in [-0.05, 0) is 118 Å². The van der Waals surface area contributed by atoms with Crippen molar-refractivity contribution in [1.29, 1.82) is 0 Å². The van der Waals surface area contributed by atoms with Crippen molar-refractivity contribution in [3.63, 3.8) is 0 Å². The molecule has 0 radical (unpaired) electrons. The van der Waals surface area contributed by atoms with Gasteiger partial charge in [-0.3, -0.25) is 4.40 Å². The van der Waals surface area contributed by atoms with Crippen LogP contribution in [0.5, 0.6) is 0 Å². The summed E-state index contributed by atoms with van der Waals surface area (Å²) < 4.78 is 2.46. The maximum atomic E-state index is 5.46. The van der Waals surface area contributed by atoms with Crippen LogP contribution in [-0.2, 0) is 0 Å². The third kappa shape index (κ3) is 6.50. The fourth-order valence-electron chi connectivity index (χ4n) is 7.35. The first-order valence-electron chi connectivity index (χ1n) is 17.3. The number of aryl methyl sites for hydroxylation is 4. The van der Waals surface area contributed by atoms with Gasteiger partial charge in [-0.1, -0.05) is 109 Å². The Morgan fingerprint density at radius 2 is 1.54 bits per heavy atom. The molecule has 1 aliphatic carbocycles. The normalized spacial score (nSPS) is 15.3. The summed E-state index contributed by atoms with van der Waals surface area (Å²) in [7, 11) is 0. The minimum Gasteiger partial charge on any atom is -0.292 e. The van der Waals surface area contributed by atoms with Crippen molar-refractivity contribution in [3.8, 4) is 0 Å². The van der Waals surface area contributed by atoms with Crippen molar-refractivity contribution in [1.82, 2.24) is 9.38 Å². The number of pyridine rings is 1. The minimum atomic E-state index is -0.0565. The summed E-state index contributed by atoms with van der Waals surface area (Å²) in [6, 6.07) is 13.6. The maximum Gasteiger partial charge on any atom is 0.142 e. The number of imidazole rings is 1. The van der Waals surface area contributed by atoms with Gasteiger partial charge in [-0.15, -0.1) is 0 Å². The molecule has 2 aromatic carbocycles. The average molecular weight is 615 g/mol. The molecule has 46 heavy (non-hydrogen) atoms. The Balaban J connectivity index is 0.00000139. The van der Waals surface area contributed by atoms with Gasteiger partial charge in [0.2, 0.25) is 0 Å². The SMILES string of the molecule is C=C(C)/C(=C(C)\C=C/C)c1c(C)nc2c3c(c4ccc(C)cc4n12)C(c1c(C)cccc1C)=CCC3C(C)(C)C=CC.CC.CC. The molecule has 1 unspecified atom stereocenters. The third-order valence-electron chi connectivity index (χ3n) is 9.12. The van der Waals surface area contributed by atoms with Gasteiger partial charge in [0.05, 0.1) is 16.9 Å². The van der Waals surface area contributed by atoms with Crippen molar-refractivity contribution < 1.29 is 0 Å². The lowest BCUT2D eigenvalue weighted by atomic mass is 9.67. The van der Waals surface area contributed by atoms with Gasteiger partial charge >= 0.3 is 0 Å². The highest BCUT2D eigenvalue weighted by molar-refractivity contribution is 6.03. The molecule has 4 aromatic rings. The first-order valence-corrected chi connectivity index (χ1v) is 17.3. The van der Waals surface area contributed by atoms with Crippen LogP contribution >= 0.6 is 0 Å². The van der Waals surface area contributed by atoms with E-state index in [1.165, 1.54) is 61.0 Å². The largest absolute Gasteiger partial charge is 0.292 e. The molecule has 0 fully saturated rings. The molecule has 0 bridgehead atoms. The molecule has 2 heteroatoms. The number of rotatable bonds is 6. The number of nitrogens with zero attached hydrogens (tertiary/aromatic N) is 2. The Morgan fingerprint density at radius 1 is 0.913 bits per heavy atom. The van der Waals surface area contributed by atoms with Gasteiger partial charge in [-0.25, -0.2) is 4.98 Å². The van der Waals surface area contributed by atoms with E-state index in [0.717, 1.165) is 29.0 Å². The topological polar surface area (TPSA) is 17.3 Å². The summed E-state index contributed by atoms with van der Waals surface area (Å²) in [5.41, 5.74) is 17.1. The molecule has 0 amide bonds. The lowest BCUT2D eigenvalue weighted by Gasteiger charge is -2.37. The maximum absolute atomic E-state index is 5.46. The fourth-order valence-corrected chi connectivity index (χ4v) is 7.35. The Hall–Kier alpha value is -3.91. The highest BCUT2D eigenvalue weighted by Gasteiger charge is 2.37. The quantitative estimate of drug-likeness (QED) is 0.156. The van der Waals surface area contributed by atoms with E-state index in [1.54, 1.807) is 0 Å². The molecule has 0 saturated carbocycles. The van der Waals surface area contributed by atoms with Crippen molar-refractivity contribution in [3.05, 3.63) is 129 Å². The Bertz CT molecular complexity index is 1840. The highest BCUT2D eigenvalue weighted by atomic mass is 15.0. The van der Waals surface area contributed by atoms with E-state index in [4.69, 9.17) is 4.98 Å². The summed E-state index contributed by atoms with van der Waals surface area (Å²) in [6.07, 6.45) is 12.3. The molecule has 5 rings (SSSR count). The van der Waals surface area contributed by atoms with E-state index in [2.05, 4.69) is 147 Å². The molecule has 0 spiro atoms. The molecular formula is C44H58N2. The van der Waals surface area contributed by atoms with E-state index in [-0.39, 0.29) is 11.3 Å². The molecule has 2 heterocycles. The molecule has 1 aliphatic rings. The first kappa shape index (κ1) is 36.6. The number of allylic oxidation sites excluding steroid dienone is 8. The van der Waals surface area contributed by atoms with Crippen LogP contribution in [0.15, 0.2) is 84.5 Å². The van der Waals surface area contributed by atoms with Crippen LogP contribution in [0.25, 0.3) is 27.7 Å². The van der Waals surface area contributed by atoms with Crippen LogP contribution in [-0.4, -0.2) is 9.38 Å². The zero-order valence-corrected chi connectivity index (χ0v) is 31.2. The monoisotopic (exact) mass is 614 g/mol. The predicted molar refractivity (Wildman–Crippen MR) is 206 cm³/mol. The standard InChI is InChI=1S/C40H46N2.2C2H6/c1-12-15-26(6)34(24(3)4)38-29(9)41-39-37-32(40(10,11)22-13-2)21-20-31(35-27(7)16-14-17-28(35)8)36(37)30-19-18-25(5)23-33(30)42(38)39;2*1-2/h12-20,22-23,32H,3,21H2,1-2,4-11H3;2*1-2H3/b15-12-,22-13?,34-26+;;. The number of hydrogen-bond acceptors (Lipinski definition) is 1. The second kappa shape index (κ2) is 15.1. The summed E-state index contributed by atoms with van der Waals surface area (Å²) >= 11 is 0. The van der Waals surface area contributed by atoms with Gasteiger partial charge in [0.1, 0.15) is 5.65 Å². The molecule has 0 saturated heterocycles. The van der Waals surface area contributed by atoms with Crippen LogP contribution in [0.4, 0.5) is 0 Å². The Kier molecular flexibility index (Phi) is 12.0. The van der Waals surface area contributed by atoms with E-state index >= 15 is 0 Å². The Morgan fingerprint density at radius 3 is 2.11 bits per heavy atom. The van der Waals surface area contributed by atoms with Gasteiger partial charge in [0.25, 0.3) is 0 Å². The second-order valence-electron chi connectivity index (χ2n) is 12.8. The van der Waals surface area contributed by atoms with Gasteiger partial charge < -0.3 is 0 Å². The highest BCUT2D eigenvalue weighted by Crippen LogP contribution is 2.52. The average Bonchev–Trinajstić information content (AvgIpc) is 3.35. The Labute approximate surface area is 280 Å². The molecule has 1 atom stereocenters. The molecule has 244 valence electrons. The summed E-state index contributed by atoms with van der Waals surface area (Å²) in [5, 5.41) is 1.28. The summed E-state index contributed by atoms with van der Waals surface area (Å²) in [4.78, 5) is 5.46. The van der Waals surface area contributed by atoms with Crippen LogP contribution in [0, 0.1) is 33.1 Å². The first-order chi connectivity index (χ1) is 21.9. The van der Waals surface area contributed by atoms with E-state index in [1.807, 2.05) is 27.7 Å². The van der Waals surface area contributed by atoms with Crippen molar-refractivity contribution in [2.45, 2.75) is 109 Å². The van der Waals surface area contributed by atoms with E-state index < -0.39 is 0 Å². The number of aromatic nitrogens is 2. The van der Waals surface area contributed by atoms with Crippen molar-refractivity contribution in [2.24, 2.45) is 5.41 Å². The number of benzene rings is 2. The summed E-state index contributed by atoms with van der Waals surface area (Å²) in [5.74, 6) is 0.272.